The van der Waals surface area contributed by atoms with Crippen LogP contribution in [0.25, 0.3) is 22.3 Å². The summed E-state index contributed by atoms with van der Waals surface area (Å²) in [7, 11) is 1.88. The quantitative estimate of drug-likeness (QED) is 0.319. The van der Waals surface area contributed by atoms with E-state index in [0.717, 1.165) is 41.6 Å². The first kappa shape index (κ1) is 26.0. The van der Waals surface area contributed by atoms with Crippen molar-refractivity contribution in [3.05, 3.63) is 89.8 Å². The first-order chi connectivity index (χ1) is 17.0. The Bertz CT molecular complexity index is 1260. The van der Waals surface area contributed by atoms with Crippen molar-refractivity contribution in [3.8, 4) is 11.1 Å². The Balaban J connectivity index is 0.000000197. The molecule has 0 aliphatic heterocycles. The zero-order valence-electron chi connectivity index (χ0n) is 20.7. The van der Waals surface area contributed by atoms with Crippen LogP contribution in [0.1, 0.15) is 37.8 Å². The summed E-state index contributed by atoms with van der Waals surface area (Å²) in [6, 6.07) is 16.4. The maximum Gasteiger partial charge on any atom is 0.215 e. The molecule has 0 bridgehead atoms. The van der Waals surface area contributed by atoms with E-state index in [2.05, 4.69) is 65.3 Å². The van der Waals surface area contributed by atoms with Gasteiger partial charge in [0.15, 0.2) is 0 Å². The molecule has 182 valence electrons. The van der Waals surface area contributed by atoms with Crippen molar-refractivity contribution in [2.45, 2.75) is 39.7 Å². The second-order valence-corrected chi connectivity index (χ2v) is 8.41. The molecule has 1 aromatic carbocycles. The van der Waals surface area contributed by atoms with Gasteiger partial charge in [0.25, 0.3) is 0 Å². The standard InChI is InChI=1S/C17H17N3.C9H9ClN2O.C2H6/c1-12-8-9-20-17(10-12)16(11-19-20)15-6-4-14(5-7-15)13(2)18-3;10-7-1-4-9(11-5-7)12(6-13)8-2-3-8;1-2/h4-11,18H,2H2,1,3H3;1,4-6,8H,2-3H2;1-2H3. The summed E-state index contributed by atoms with van der Waals surface area (Å²) >= 11 is 5.69. The molecule has 0 spiro atoms. The highest BCUT2D eigenvalue weighted by atomic mass is 35.5. The number of anilines is 1. The summed E-state index contributed by atoms with van der Waals surface area (Å²) in [6.07, 6.45) is 8.43. The lowest BCUT2D eigenvalue weighted by Gasteiger charge is -2.14. The molecule has 0 unspecified atom stereocenters. The van der Waals surface area contributed by atoms with Crippen LogP contribution in [0.3, 0.4) is 0 Å². The van der Waals surface area contributed by atoms with Crippen LogP contribution in [0.5, 0.6) is 0 Å². The fraction of sp³-hybridized carbons (Fsp3) is 0.250. The van der Waals surface area contributed by atoms with Crippen LogP contribution in [0.4, 0.5) is 5.82 Å². The number of fused-ring (bicyclic) bond motifs is 1. The molecule has 1 saturated carbocycles. The molecule has 1 fully saturated rings. The normalized spacial score (nSPS) is 12.0. The van der Waals surface area contributed by atoms with E-state index in [4.69, 9.17) is 11.6 Å². The minimum Gasteiger partial charge on any atom is -0.388 e. The zero-order chi connectivity index (χ0) is 25.4. The number of hydrogen-bond acceptors (Lipinski definition) is 4. The van der Waals surface area contributed by atoms with Gasteiger partial charge in [-0.25, -0.2) is 9.50 Å². The molecule has 0 saturated heterocycles. The lowest BCUT2D eigenvalue weighted by atomic mass is 10.0. The Kier molecular flexibility index (Phi) is 9.04. The molecule has 6 nitrogen and oxygen atoms in total. The molecule has 0 radical (unpaired) electrons. The molecular weight excluding hydrogens is 458 g/mol. The third-order valence-corrected chi connectivity index (χ3v) is 5.78. The van der Waals surface area contributed by atoms with E-state index in [9.17, 15) is 4.79 Å². The average Bonchev–Trinajstić information content (AvgIpc) is 3.65. The second kappa shape index (κ2) is 12.2. The Morgan fingerprint density at radius 1 is 1.14 bits per heavy atom. The molecule has 0 atom stereocenters. The van der Waals surface area contributed by atoms with Crippen LogP contribution >= 0.6 is 11.6 Å². The lowest BCUT2D eigenvalue weighted by molar-refractivity contribution is -0.107. The average molecular weight is 490 g/mol. The molecule has 3 aromatic heterocycles. The summed E-state index contributed by atoms with van der Waals surface area (Å²) in [5.41, 5.74) is 6.70. The van der Waals surface area contributed by atoms with Gasteiger partial charge in [-0.05, 0) is 60.7 Å². The van der Waals surface area contributed by atoms with E-state index in [1.165, 1.54) is 11.1 Å². The summed E-state index contributed by atoms with van der Waals surface area (Å²) in [5.74, 6) is 0.682. The van der Waals surface area contributed by atoms with E-state index in [-0.39, 0.29) is 0 Å². The van der Waals surface area contributed by atoms with Crippen LogP contribution in [0, 0.1) is 6.92 Å². The van der Waals surface area contributed by atoms with Gasteiger partial charge in [-0.2, -0.15) is 5.10 Å². The Labute approximate surface area is 212 Å². The Morgan fingerprint density at radius 2 is 1.86 bits per heavy atom. The van der Waals surface area contributed by atoms with Crippen LogP contribution in [0.15, 0.2) is 73.7 Å². The van der Waals surface area contributed by atoms with Gasteiger partial charge in [0.2, 0.25) is 6.41 Å². The van der Waals surface area contributed by atoms with E-state index >= 15 is 0 Å². The zero-order valence-corrected chi connectivity index (χ0v) is 21.5. The van der Waals surface area contributed by atoms with E-state index in [1.807, 2.05) is 37.8 Å². The summed E-state index contributed by atoms with van der Waals surface area (Å²) in [6.45, 7) is 10.1. The molecule has 5 rings (SSSR count). The Morgan fingerprint density at radius 3 is 2.43 bits per heavy atom. The number of benzene rings is 1. The molecule has 1 N–H and O–H groups in total. The fourth-order valence-electron chi connectivity index (χ4n) is 3.50. The minimum absolute atomic E-state index is 0.353. The molecule has 1 aliphatic carbocycles. The van der Waals surface area contributed by atoms with Crippen LogP contribution in [-0.2, 0) is 4.79 Å². The second-order valence-electron chi connectivity index (χ2n) is 7.98. The Hall–Kier alpha value is -3.64. The van der Waals surface area contributed by atoms with Crippen molar-refractivity contribution in [3.63, 3.8) is 0 Å². The predicted octanol–water partition coefficient (Wildman–Crippen LogP) is 6.39. The number of nitrogens with one attached hydrogen (secondary N) is 1. The number of aromatic nitrogens is 3. The molecule has 3 heterocycles. The number of nitrogens with zero attached hydrogens (tertiary/aromatic N) is 4. The maximum atomic E-state index is 10.7. The smallest absolute Gasteiger partial charge is 0.215 e. The highest BCUT2D eigenvalue weighted by Crippen LogP contribution is 2.29. The largest absolute Gasteiger partial charge is 0.388 e. The lowest BCUT2D eigenvalue weighted by Crippen LogP contribution is -2.24. The van der Waals surface area contributed by atoms with E-state index in [1.54, 1.807) is 23.2 Å². The van der Waals surface area contributed by atoms with E-state index < -0.39 is 0 Å². The summed E-state index contributed by atoms with van der Waals surface area (Å²) < 4.78 is 1.91. The number of hydrogen-bond donors (Lipinski definition) is 1. The van der Waals surface area contributed by atoms with Crippen LogP contribution < -0.4 is 10.2 Å². The van der Waals surface area contributed by atoms with Gasteiger partial charge in [0.1, 0.15) is 5.82 Å². The number of halogens is 1. The summed E-state index contributed by atoms with van der Waals surface area (Å²) in [4.78, 5) is 16.4. The topological polar surface area (TPSA) is 62.5 Å². The van der Waals surface area contributed by atoms with Crippen molar-refractivity contribution in [2.24, 2.45) is 0 Å². The maximum absolute atomic E-state index is 10.7. The van der Waals surface area contributed by atoms with Gasteiger partial charge in [-0.1, -0.05) is 56.3 Å². The molecule has 1 amide bonds. The first-order valence-corrected chi connectivity index (χ1v) is 12.1. The van der Waals surface area contributed by atoms with Crippen molar-refractivity contribution >= 4 is 35.0 Å². The predicted molar refractivity (Wildman–Crippen MR) is 146 cm³/mol. The number of aryl methyl sites for hydroxylation is 1. The van der Waals surface area contributed by atoms with Gasteiger partial charge in [-0.15, -0.1) is 0 Å². The van der Waals surface area contributed by atoms with Gasteiger partial charge in [0.05, 0.1) is 16.7 Å². The third kappa shape index (κ3) is 6.49. The minimum atomic E-state index is 0.353. The van der Waals surface area contributed by atoms with Gasteiger partial charge < -0.3 is 5.32 Å². The van der Waals surface area contributed by atoms with Gasteiger partial charge in [0, 0.05) is 36.7 Å². The van der Waals surface area contributed by atoms with Crippen molar-refractivity contribution in [2.75, 3.05) is 11.9 Å². The van der Waals surface area contributed by atoms with E-state index in [0.29, 0.717) is 16.9 Å². The monoisotopic (exact) mass is 489 g/mol. The van der Waals surface area contributed by atoms with Crippen LogP contribution in [-0.4, -0.2) is 34.1 Å². The highest BCUT2D eigenvalue weighted by Gasteiger charge is 2.29. The van der Waals surface area contributed by atoms with Crippen molar-refractivity contribution < 1.29 is 4.79 Å². The number of pyridine rings is 2. The van der Waals surface area contributed by atoms with Gasteiger partial charge in [-0.3, -0.25) is 9.69 Å². The summed E-state index contributed by atoms with van der Waals surface area (Å²) in [5, 5.41) is 8.05. The fourth-order valence-corrected chi connectivity index (χ4v) is 3.62. The number of rotatable bonds is 6. The van der Waals surface area contributed by atoms with Crippen molar-refractivity contribution in [1.29, 1.82) is 0 Å². The molecule has 4 aromatic rings. The SMILES string of the molecule is C=C(NC)c1ccc(-c2cnn3ccc(C)cc23)cc1.CC.O=CN(c1ccc(Cl)cn1)C1CC1. The van der Waals surface area contributed by atoms with Crippen molar-refractivity contribution in [1.82, 2.24) is 19.9 Å². The number of carbonyl (C=O) groups excluding carboxylic acids is 1. The molecule has 7 heteroatoms. The molecule has 1 aliphatic rings. The van der Waals surface area contributed by atoms with Gasteiger partial charge >= 0.3 is 0 Å². The highest BCUT2D eigenvalue weighted by molar-refractivity contribution is 6.30. The third-order valence-electron chi connectivity index (χ3n) is 5.55. The molecule has 35 heavy (non-hydrogen) atoms. The van der Waals surface area contributed by atoms with Crippen LogP contribution in [0.2, 0.25) is 5.02 Å². The molecular formula is C28H32ClN5O. The number of carbonyl (C=O) groups is 1. The number of amides is 1. The first-order valence-electron chi connectivity index (χ1n) is 11.8.